The molecule has 8 heteroatoms. The molecule has 4 aromatic rings. The highest BCUT2D eigenvalue weighted by atomic mass is 16.4. The van der Waals surface area contributed by atoms with E-state index < -0.39 is 12.0 Å². The number of carbonyl (C=O) groups is 2. The Hall–Kier alpha value is -4.01. The molecule has 0 spiro atoms. The maximum Gasteiger partial charge on any atom is 0.325 e. The number of aliphatic carboxylic acids is 1. The van der Waals surface area contributed by atoms with Crippen molar-refractivity contribution < 1.29 is 14.7 Å². The minimum Gasteiger partial charge on any atom is -0.480 e. The number of piperazine rings is 1. The predicted molar refractivity (Wildman–Crippen MR) is 139 cm³/mol. The molecule has 2 aromatic carbocycles. The summed E-state index contributed by atoms with van der Waals surface area (Å²) in [6, 6.07) is 19.7. The van der Waals surface area contributed by atoms with Crippen LogP contribution in [-0.2, 0) is 11.2 Å². The zero-order chi connectivity index (χ0) is 24.9. The molecule has 3 N–H and O–H groups in total. The first-order valence-corrected chi connectivity index (χ1v) is 12.1. The van der Waals surface area contributed by atoms with Gasteiger partial charge in [-0.3, -0.25) is 19.5 Å². The molecular formula is C28H29N5O3. The Kier molecular flexibility index (Phi) is 7.06. The van der Waals surface area contributed by atoms with Gasteiger partial charge in [0.2, 0.25) is 0 Å². The molecule has 3 heterocycles. The molecule has 1 saturated heterocycles. The number of pyridine rings is 1. The van der Waals surface area contributed by atoms with Gasteiger partial charge in [0.1, 0.15) is 6.04 Å². The van der Waals surface area contributed by atoms with Gasteiger partial charge in [-0.15, -0.1) is 0 Å². The number of nitrogens with one attached hydrogen (secondary N) is 2. The lowest BCUT2D eigenvalue weighted by atomic mass is 10.0. The third-order valence-electron chi connectivity index (χ3n) is 6.72. The SMILES string of the molecule is O=C(Nc1ccc2[nH]cc([C@H](C(=O)O)N3CCN(CCc4ccccn4)CC3)c2c1)c1ccccc1. The summed E-state index contributed by atoms with van der Waals surface area (Å²) in [7, 11) is 0. The minimum atomic E-state index is -0.878. The van der Waals surface area contributed by atoms with Crippen LogP contribution in [0.25, 0.3) is 10.9 Å². The highest BCUT2D eigenvalue weighted by molar-refractivity contribution is 6.05. The Morgan fingerprint density at radius 3 is 2.50 bits per heavy atom. The summed E-state index contributed by atoms with van der Waals surface area (Å²) in [6.45, 7) is 3.83. The van der Waals surface area contributed by atoms with E-state index in [2.05, 4.69) is 20.2 Å². The molecule has 0 aliphatic carbocycles. The number of aromatic nitrogens is 2. The van der Waals surface area contributed by atoms with E-state index in [1.54, 1.807) is 18.3 Å². The molecule has 8 nitrogen and oxygen atoms in total. The van der Waals surface area contributed by atoms with Gasteiger partial charge < -0.3 is 20.3 Å². The topological polar surface area (TPSA) is 102 Å². The normalized spacial score (nSPS) is 15.6. The monoisotopic (exact) mass is 483 g/mol. The van der Waals surface area contributed by atoms with E-state index >= 15 is 0 Å². The first-order chi connectivity index (χ1) is 17.6. The Morgan fingerprint density at radius 1 is 1.00 bits per heavy atom. The minimum absolute atomic E-state index is 0.205. The van der Waals surface area contributed by atoms with Crippen molar-refractivity contribution in [1.82, 2.24) is 19.8 Å². The van der Waals surface area contributed by atoms with Gasteiger partial charge in [0.15, 0.2) is 0 Å². The zero-order valence-corrected chi connectivity index (χ0v) is 19.9. The molecule has 0 radical (unpaired) electrons. The molecular weight excluding hydrogens is 454 g/mol. The van der Waals surface area contributed by atoms with Crippen LogP contribution in [0.5, 0.6) is 0 Å². The molecule has 5 rings (SSSR count). The Bertz CT molecular complexity index is 1330. The van der Waals surface area contributed by atoms with Crippen molar-refractivity contribution >= 4 is 28.5 Å². The van der Waals surface area contributed by atoms with E-state index in [0.29, 0.717) is 29.9 Å². The Balaban J connectivity index is 1.29. The highest BCUT2D eigenvalue weighted by Gasteiger charge is 2.32. The second-order valence-electron chi connectivity index (χ2n) is 9.01. The van der Waals surface area contributed by atoms with E-state index in [0.717, 1.165) is 42.7 Å². The third kappa shape index (κ3) is 5.30. The van der Waals surface area contributed by atoms with Crippen molar-refractivity contribution in [3.63, 3.8) is 0 Å². The number of benzene rings is 2. The van der Waals surface area contributed by atoms with Gasteiger partial charge in [0.05, 0.1) is 0 Å². The zero-order valence-electron chi connectivity index (χ0n) is 19.9. The first kappa shape index (κ1) is 23.7. The molecule has 1 aliphatic rings. The lowest BCUT2D eigenvalue weighted by molar-refractivity contribution is -0.144. The number of fused-ring (bicyclic) bond motifs is 1. The van der Waals surface area contributed by atoms with Gasteiger partial charge in [0, 0.05) is 84.9 Å². The summed E-state index contributed by atoms with van der Waals surface area (Å²) >= 11 is 0. The Morgan fingerprint density at radius 2 is 1.78 bits per heavy atom. The van der Waals surface area contributed by atoms with Crippen LogP contribution < -0.4 is 5.32 Å². The molecule has 184 valence electrons. The van der Waals surface area contributed by atoms with Crippen molar-refractivity contribution in [3.8, 4) is 0 Å². The van der Waals surface area contributed by atoms with Crippen molar-refractivity contribution in [1.29, 1.82) is 0 Å². The van der Waals surface area contributed by atoms with Crippen LogP contribution in [0.2, 0.25) is 0 Å². The maximum atomic E-state index is 12.6. The second-order valence-corrected chi connectivity index (χ2v) is 9.01. The second kappa shape index (κ2) is 10.7. The summed E-state index contributed by atoms with van der Waals surface area (Å²) in [4.78, 5) is 37.0. The fraction of sp³-hybridized carbons (Fsp3) is 0.250. The van der Waals surface area contributed by atoms with E-state index in [9.17, 15) is 14.7 Å². The molecule has 2 aromatic heterocycles. The van der Waals surface area contributed by atoms with E-state index in [4.69, 9.17) is 0 Å². The molecule has 36 heavy (non-hydrogen) atoms. The van der Waals surface area contributed by atoms with Crippen molar-refractivity contribution in [2.45, 2.75) is 12.5 Å². The van der Waals surface area contributed by atoms with Crippen molar-refractivity contribution in [3.05, 3.63) is 95.9 Å². The summed E-state index contributed by atoms with van der Waals surface area (Å²) in [5.74, 6) is -1.08. The number of hydrogen-bond acceptors (Lipinski definition) is 5. The van der Waals surface area contributed by atoms with Crippen LogP contribution in [0.4, 0.5) is 5.69 Å². The number of carboxylic acids is 1. The lowest BCUT2D eigenvalue weighted by Gasteiger charge is -2.37. The van der Waals surface area contributed by atoms with Crippen molar-refractivity contribution in [2.24, 2.45) is 0 Å². The maximum absolute atomic E-state index is 12.6. The van der Waals surface area contributed by atoms with Gasteiger partial charge in [0.25, 0.3) is 5.91 Å². The van der Waals surface area contributed by atoms with Gasteiger partial charge in [-0.1, -0.05) is 24.3 Å². The number of carboxylic acid groups (broad SMARTS) is 1. The summed E-state index contributed by atoms with van der Waals surface area (Å²) in [5, 5.41) is 13.9. The number of amides is 1. The standard InChI is InChI=1S/C28H29N5O3/c34-27(20-6-2-1-3-7-20)31-22-9-10-25-23(18-22)24(19-30-25)26(28(35)36)33-16-14-32(15-17-33)13-11-21-8-4-5-12-29-21/h1-10,12,18-19,26,30H,11,13-17H2,(H,31,34)(H,35,36)/t26-/m1/s1. The summed E-state index contributed by atoms with van der Waals surface area (Å²) in [6.07, 6.45) is 4.47. The number of carbonyl (C=O) groups excluding carboxylic acids is 1. The average molecular weight is 484 g/mol. The van der Waals surface area contributed by atoms with Crippen LogP contribution in [0.3, 0.4) is 0 Å². The highest BCUT2D eigenvalue weighted by Crippen LogP contribution is 2.31. The lowest BCUT2D eigenvalue weighted by Crippen LogP contribution is -2.49. The van der Waals surface area contributed by atoms with Crippen LogP contribution >= 0.6 is 0 Å². The summed E-state index contributed by atoms with van der Waals surface area (Å²) in [5.41, 5.74) is 3.80. The predicted octanol–water partition coefficient (Wildman–Crippen LogP) is 3.80. The van der Waals surface area contributed by atoms with Crippen LogP contribution in [0.1, 0.15) is 27.7 Å². The van der Waals surface area contributed by atoms with Crippen LogP contribution in [-0.4, -0.2) is 69.5 Å². The number of nitrogens with zero attached hydrogens (tertiary/aromatic N) is 3. The number of rotatable bonds is 8. The largest absolute Gasteiger partial charge is 0.480 e. The fourth-order valence-electron chi connectivity index (χ4n) is 4.79. The van der Waals surface area contributed by atoms with Gasteiger partial charge >= 0.3 is 5.97 Å². The number of anilines is 1. The van der Waals surface area contributed by atoms with E-state index in [1.807, 2.05) is 65.7 Å². The van der Waals surface area contributed by atoms with Crippen molar-refractivity contribution in [2.75, 3.05) is 38.0 Å². The van der Waals surface area contributed by atoms with Gasteiger partial charge in [-0.25, -0.2) is 0 Å². The Labute approximate surface area is 209 Å². The summed E-state index contributed by atoms with van der Waals surface area (Å²) < 4.78 is 0. The molecule has 0 saturated carbocycles. The quantitative estimate of drug-likeness (QED) is 0.352. The van der Waals surface area contributed by atoms with Gasteiger partial charge in [-0.2, -0.15) is 0 Å². The molecule has 0 bridgehead atoms. The van der Waals surface area contributed by atoms with Crippen LogP contribution in [0, 0.1) is 0 Å². The molecule has 1 atom stereocenters. The van der Waals surface area contributed by atoms with E-state index in [1.165, 1.54) is 0 Å². The number of H-pyrrole nitrogens is 1. The molecule has 1 fully saturated rings. The fourth-order valence-corrected chi connectivity index (χ4v) is 4.79. The molecule has 0 unspecified atom stereocenters. The molecule has 1 aliphatic heterocycles. The smallest absolute Gasteiger partial charge is 0.325 e. The van der Waals surface area contributed by atoms with E-state index in [-0.39, 0.29) is 5.91 Å². The van der Waals surface area contributed by atoms with Gasteiger partial charge in [-0.05, 0) is 42.5 Å². The first-order valence-electron chi connectivity index (χ1n) is 12.1. The molecule has 1 amide bonds. The third-order valence-corrected chi connectivity index (χ3v) is 6.72. The number of hydrogen-bond donors (Lipinski definition) is 3. The number of aromatic amines is 1. The van der Waals surface area contributed by atoms with Crippen LogP contribution in [0.15, 0.2) is 79.1 Å². The average Bonchev–Trinajstić information content (AvgIpc) is 3.32.